The van der Waals surface area contributed by atoms with E-state index < -0.39 is 15.4 Å². The van der Waals surface area contributed by atoms with Crippen LogP contribution in [0.2, 0.25) is 0 Å². The van der Waals surface area contributed by atoms with Gasteiger partial charge in [0.1, 0.15) is 21.2 Å². The second-order valence-corrected chi connectivity index (χ2v) is 9.33. The zero-order valence-electron chi connectivity index (χ0n) is 14.4. The van der Waals surface area contributed by atoms with Crippen molar-refractivity contribution in [3.05, 3.63) is 57.8 Å². The molecule has 0 amide bonds. The summed E-state index contributed by atoms with van der Waals surface area (Å²) in [6, 6.07) is 9.67. The number of halogens is 1. The summed E-state index contributed by atoms with van der Waals surface area (Å²) in [6.45, 7) is 2.36. The molecule has 0 radical (unpaired) electrons. The second-order valence-electron chi connectivity index (χ2n) is 6.14. The molecule has 1 unspecified atom stereocenters. The van der Waals surface area contributed by atoms with E-state index in [0.717, 1.165) is 10.6 Å². The number of hydrogen-bond acceptors (Lipinski definition) is 6. The average molecular weight is 397 g/mol. The summed E-state index contributed by atoms with van der Waals surface area (Å²) in [7, 11) is -3.62. The molecule has 26 heavy (non-hydrogen) atoms. The lowest BCUT2D eigenvalue weighted by molar-refractivity contribution is 0.226. The normalized spacial score (nSPS) is 18.7. The summed E-state index contributed by atoms with van der Waals surface area (Å²) in [4.78, 5) is 1.60. The van der Waals surface area contributed by atoms with Gasteiger partial charge < -0.3 is 0 Å². The molecule has 1 atom stereocenters. The van der Waals surface area contributed by atoms with E-state index >= 15 is 0 Å². The largest absolute Gasteiger partial charge is 0.272 e. The molecule has 140 valence electrons. The van der Waals surface area contributed by atoms with Crippen molar-refractivity contribution in [2.45, 2.75) is 31.7 Å². The van der Waals surface area contributed by atoms with Gasteiger partial charge in [0.25, 0.3) is 0 Å². The highest BCUT2D eigenvalue weighted by atomic mass is 32.2. The van der Waals surface area contributed by atoms with E-state index in [4.69, 9.17) is 0 Å². The number of rotatable bonds is 7. The van der Waals surface area contributed by atoms with Crippen molar-refractivity contribution in [1.82, 2.24) is 19.8 Å². The van der Waals surface area contributed by atoms with Gasteiger partial charge in [-0.1, -0.05) is 30.3 Å². The van der Waals surface area contributed by atoms with Gasteiger partial charge >= 0.3 is 0 Å². The Morgan fingerprint density at radius 3 is 2.77 bits per heavy atom. The average Bonchev–Trinajstić information content (AvgIpc) is 3.00. The molecule has 2 aromatic rings. The van der Waals surface area contributed by atoms with E-state index in [1.165, 1.54) is 17.4 Å². The molecular formula is C17H21FN4O2S2. The predicted molar refractivity (Wildman–Crippen MR) is 99.7 cm³/mol. The Hall–Kier alpha value is -1.68. The topological polar surface area (TPSA) is 75.2 Å². The number of hydrogen-bond donors (Lipinski definition) is 1. The molecule has 0 saturated carbocycles. The standard InChI is InChI=1S/C17H21FN4O2S2/c1-13-20-21-16(25-13)12-22-11-15(18)7-8-17(22)26(23,24)19-10-9-14-5-3-2-4-6-14/h2-7,17,19H,8-12H2,1H3. The lowest BCUT2D eigenvalue weighted by Gasteiger charge is -2.32. The van der Waals surface area contributed by atoms with Crippen molar-refractivity contribution in [3.8, 4) is 0 Å². The maximum atomic E-state index is 13.7. The third-order valence-corrected chi connectivity index (χ3v) is 6.76. The molecule has 1 aliphatic heterocycles. The van der Waals surface area contributed by atoms with Crippen molar-refractivity contribution in [1.29, 1.82) is 0 Å². The van der Waals surface area contributed by atoms with Crippen LogP contribution in [0.1, 0.15) is 22.0 Å². The SMILES string of the molecule is Cc1nnc(CN2CC(F)=CCC2S(=O)(=O)NCCc2ccccc2)s1. The maximum Gasteiger partial charge on any atom is 0.228 e. The third-order valence-electron chi connectivity index (χ3n) is 4.13. The van der Waals surface area contributed by atoms with Crippen molar-refractivity contribution in [3.63, 3.8) is 0 Å². The minimum atomic E-state index is -3.62. The Morgan fingerprint density at radius 1 is 1.31 bits per heavy atom. The lowest BCUT2D eigenvalue weighted by atomic mass is 10.2. The van der Waals surface area contributed by atoms with Gasteiger partial charge in [-0.05, 0) is 31.4 Å². The van der Waals surface area contributed by atoms with Crippen LogP contribution < -0.4 is 4.72 Å². The molecule has 2 heterocycles. The van der Waals surface area contributed by atoms with E-state index in [0.29, 0.717) is 18.0 Å². The van der Waals surface area contributed by atoms with Gasteiger partial charge in [0.05, 0.1) is 13.1 Å². The Labute approximate surface area is 156 Å². The van der Waals surface area contributed by atoms with Crippen LogP contribution >= 0.6 is 11.3 Å². The maximum absolute atomic E-state index is 13.7. The monoisotopic (exact) mass is 396 g/mol. The molecular weight excluding hydrogens is 375 g/mol. The van der Waals surface area contributed by atoms with Crippen LogP contribution in [0, 0.1) is 6.92 Å². The molecule has 1 aromatic carbocycles. The van der Waals surface area contributed by atoms with Crippen molar-refractivity contribution >= 4 is 21.4 Å². The van der Waals surface area contributed by atoms with Crippen LogP contribution in [0.25, 0.3) is 0 Å². The summed E-state index contributed by atoms with van der Waals surface area (Å²) in [5.74, 6) is -0.318. The fourth-order valence-corrected chi connectivity index (χ4v) is 5.08. The number of sulfonamides is 1. The molecule has 0 fully saturated rings. The fourth-order valence-electron chi connectivity index (χ4n) is 2.87. The summed E-state index contributed by atoms with van der Waals surface area (Å²) in [5, 5.41) is 8.63. The number of nitrogens with zero attached hydrogens (tertiary/aromatic N) is 3. The van der Waals surface area contributed by atoms with Crippen LogP contribution in [-0.2, 0) is 23.0 Å². The first-order chi connectivity index (χ1) is 12.4. The van der Waals surface area contributed by atoms with Crippen LogP contribution in [0.15, 0.2) is 42.2 Å². The highest BCUT2D eigenvalue weighted by Gasteiger charge is 2.34. The second kappa shape index (κ2) is 8.34. The number of aromatic nitrogens is 2. The molecule has 1 aromatic heterocycles. The highest BCUT2D eigenvalue weighted by molar-refractivity contribution is 7.90. The third kappa shape index (κ3) is 4.94. The van der Waals surface area contributed by atoms with Gasteiger partial charge in [-0.15, -0.1) is 21.5 Å². The van der Waals surface area contributed by atoms with E-state index in [1.807, 2.05) is 37.3 Å². The number of nitrogens with one attached hydrogen (secondary N) is 1. The Balaban J connectivity index is 1.66. The minimum Gasteiger partial charge on any atom is -0.272 e. The van der Waals surface area contributed by atoms with Gasteiger partial charge in [0.15, 0.2) is 0 Å². The Bertz CT molecular complexity index is 868. The van der Waals surface area contributed by atoms with Crippen LogP contribution in [0.3, 0.4) is 0 Å². The summed E-state index contributed by atoms with van der Waals surface area (Å²) >= 11 is 1.39. The summed E-state index contributed by atoms with van der Waals surface area (Å²) < 4.78 is 41.9. The number of aryl methyl sites for hydroxylation is 1. The molecule has 0 spiro atoms. The van der Waals surface area contributed by atoms with Crippen molar-refractivity contribution < 1.29 is 12.8 Å². The molecule has 0 aliphatic carbocycles. The molecule has 1 aliphatic rings. The highest BCUT2D eigenvalue weighted by Crippen LogP contribution is 2.24. The first kappa shape index (κ1) is 19.1. The van der Waals surface area contributed by atoms with E-state index in [2.05, 4.69) is 14.9 Å². The fraction of sp³-hybridized carbons (Fsp3) is 0.412. The molecule has 0 bridgehead atoms. The Morgan fingerprint density at radius 2 is 2.08 bits per heavy atom. The first-order valence-corrected chi connectivity index (χ1v) is 10.7. The molecule has 9 heteroatoms. The molecule has 3 rings (SSSR count). The van der Waals surface area contributed by atoms with Gasteiger partial charge in [-0.3, -0.25) is 4.90 Å². The Kier molecular flexibility index (Phi) is 6.13. The smallest absolute Gasteiger partial charge is 0.228 e. The lowest BCUT2D eigenvalue weighted by Crippen LogP contribution is -2.48. The van der Waals surface area contributed by atoms with Gasteiger partial charge in [-0.2, -0.15) is 0 Å². The van der Waals surface area contributed by atoms with E-state index in [1.54, 1.807) is 4.90 Å². The van der Waals surface area contributed by atoms with Gasteiger partial charge in [-0.25, -0.2) is 17.5 Å². The van der Waals surface area contributed by atoms with Gasteiger partial charge in [0, 0.05) is 6.54 Å². The van der Waals surface area contributed by atoms with Gasteiger partial charge in [0.2, 0.25) is 10.0 Å². The van der Waals surface area contributed by atoms with Crippen molar-refractivity contribution in [2.75, 3.05) is 13.1 Å². The summed E-state index contributed by atoms with van der Waals surface area (Å²) in [6.07, 6.45) is 2.07. The van der Waals surface area contributed by atoms with Crippen molar-refractivity contribution in [2.24, 2.45) is 0 Å². The molecule has 6 nitrogen and oxygen atoms in total. The van der Waals surface area contributed by atoms with E-state index in [-0.39, 0.29) is 25.3 Å². The van der Waals surface area contributed by atoms with Crippen LogP contribution in [0.4, 0.5) is 4.39 Å². The first-order valence-electron chi connectivity index (χ1n) is 8.34. The predicted octanol–water partition coefficient (Wildman–Crippen LogP) is 2.39. The number of benzene rings is 1. The minimum absolute atomic E-state index is 0.0388. The van der Waals surface area contributed by atoms with Crippen LogP contribution in [-0.4, -0.2) is 42.0 Å². The molecule has 1 N–H and O–H groups in total. The van der Waals surface area contributed by atoms with E-state index in [9.17, 15) is 12.8 Å². The zero-order valence-corrected chi connectivity index (χ0v) is 16.1. The summed E-state index contributed by atoms with van der Waals surface area (Å²) in [5.41, 5.74) is 1.06. The van der Waals surface area contributed by atoms with Crippen LogP contribution in [0.5, 0.6) is 0 Å². The zero-order chi connectivity index (χ0) is 18.6. The molecule has 0 saturated heterocycles. The quantitative estimate of drug-likeness (QED) is 0.778.